The number of carbonyl (C=O) groups excluding carboxylic acids is 1. The van der Waals surface area contributed by atoms with Crippen LogP contribution in [0, 0.1) is 52.7 Å². The van der Waals surface area contributed by atoms with Crippen LogP contribution < -0.4 is 16.6 Å². The monoisotopic (exact) mass is 441 g/mol. The zero-order valence-electron chi connectivity index (χ0n) is 19.7. The second-order valence-electron chi connectivity index (χ2n) is 11.8. The number of ketones is 1. The molecule has 5 heteroatoms. The third-order valence-electron chi connectivity index (χ3n) is 10.2. The number of anilines is 2. The number of hydrazine groups is 1. The van der Waals surface area contributed by atoms with E-state index in [4.69, 9.17) is 11.6 Å². The summed E-state index contributed by atoms with van der Waals surface area (Å²) in [7, 11) is 0. The number of nitrogen functional groups attached to an aromatic ring is 1. The topological polar surface area (TPSA) is 72.3 Å². The molecule has 4 aliphatic rings. The predicted octanol–water partition coefficient (Wildman–Crippen LogP) is 5.56. The number of nitrogens with zero attached hydrogens (tertiary/aromatic N) is 1. The Morgan fingerprint density at radius 3 is 2.66 bits per heavy atom. The van der Waals surface area contributed by atoms with Crippen molar-refractivity contribution in [3.05, 3.63) is 24.0 Å². The lowest BCUT2D eigenvalue weighted by atomic mass is 9.49. The van der Waals surface area contributed by atoms with Crippen molar-refractivity contribution < 1.29 is 9.18 Å². The maximum Gasteiger partial charge on any atom is 0.157 e. The molecule has 8 atom stereocenters. The summed E-state index contributed by atoms with van der Waals surface area (Å²) in [6.07, 6.45) is 11.7. The number of hydrogen-bond acceptors (Lipinski definition) is 4. The minimum atomic E-state index is -0.393. The van der Waals surface area contributed by atoms with E-state index in [1.807, 2.05) is 0 Å². The zero-order chi connectivity index (χ0) is 22.6. The van der Waals surface area contributed by atoms with E-state index in [-0.39, 0.29) is 29.3 Å². The highest BCUT2D eigenvalue weighted by molar-refractivity contribution is 5.87. The largest absolute Gasteiger partial charge is 0.397 e. The van der Waals surface area contributed by atoms with Gasteiger partial charge < -0.3 is 10.7 Å². The van der Waals surface area contributed by atoms with Gasteiger partial charge in [-0.2, -0.15) is 0 Å². The highest BCUT2D eigenvalue weighted by Crippen LogP contribution is 2.64. The van der Waals surface area contributed by atoms with Crippen molar-refractivity contribution in [3.8, 4) is 0 Å². The van der Waals surface area contributed by atoms with Gasteiger partial charge in [-0.1, -0.05) is 20.3 Å². The molecule has 0 radical (unpaired) electrons. The van der Waals surface area contributed by atoms with Crippen LogP contribution in [0.3, 0.4) is 0 Å². The molecule has 4 aliphatic carbocycles. The van der Waals surface area contributed by atoms with Crippen LogP contribution in [0.1, 0.15) is 71.6 Å². The van der Waals surface area contributed by atoms with Gasteiger partial charge in [0, 0.05) is 5.92 Å². The number of hydrogen-bond donors (Lipinski definition) is 2. The highest BCUT2D eigenvalue weighted by atomic mass is 19.1. The SMILES string of the molecule is CC1CCC2C(CCC3C2CCC2(C)C(C(=O)CN(N)c4ccc(F)cc4N)CCC32)C1. The van der Waals surface area contributed by atoms with Crippen molar-refractivity contribution >= 4 is 17.2 Å². The summed E-state index contributed by atoms with van der Waals surface area (Å²) in [5, 5.41) is 1.41. The molecule has 4 fully saturated rings. The lowest BCUT2D eigenvalue weighted by molar-refractivity contribution is -0.129. The molecule has 4 nitrogen and oxygen atoms in total. The molecule has 0 heterocycles. The Morgan fingerprint density at radius 2 is 1.88 bits per heavy atom. The van der Waals surface area contributed by atoms with Gasteiger partial charge in [0.2, 0.25) is 0 Å². The van der Waals surface area contributed by atoms with Crippen molar-refractivity contribution in [1.29, 1.82) is 0 Å². The molecular weight excluding hydrogens is 401 g/mol. The van der Waals surface area contributed by atoms with Crippen LogP contribution in [-0.2, 0) is 4.79 Å². The van der Waals surface area contributed by atoms with Gasteiger partial charge in [0.1, 0.15) is 5.82 Å². The molecule has 0 amide bonds. The van der Waals surface area contributed by atoms with E-state index in [1.165, 1.54) is 68.5 Å². The summed E-state index contributed by atoms with van der Waals surface area (Å²) in [5.74, 6) is 11.3. The van der Waals surface area contributed by atoms with Crippen LogP contribution >= 0.6 is 0 Å². The molecular formula is C27H40FN3O. The van der Waals surface area contributed by atoms with E-state index in [9.17, 15) is 9.18 Å². The normalized spacial score (nSPS) is 40.8. The fourth-order valence-electron chi connectivity index (χ4n) is 8.77. The summed E-state index contributed by atoms with van der Waals surface area (Å²) in [5.41, 5.74) is 6.84. The molecule has 0 spiro atoms. The molecule has 4 N–H and O–H groups in total. The first-order chi connectivity index (χ1) is 15.3. The first kappa shape index (κ1) is 22.2. The van der Waals surface area contributed by atoms with E-state index in [1.54, 1.807) is 6.07 Å². The number of carbonyl (C=O) groups is 1. The molecule has 0 bridgehead atoms. The van der Waals surface area contributed by atoms with E-state index in [2.05, 4.69) is 13.8 Å². The number of fused-ring (bicyclic) bond motifs is 5. The van der Waals surface area contributed by atoms with E-state index >= 15 is 0 Å². The third kappa shape index (κ3) is 3.65. The number of nitrogens with two attached hydrogens (primary N) is 2. The number of rotatable bonds is 4. The smallest absolute Gasteiger partial charge is 0.157 e. The molecule has 1 aromatic carbocycles. The second kappa shape index (κ2) is 8.30. The zero-order valence-corrected chi connectivity index (χ0v) is 19.7. The van der Waals surface area contributed by atoms with E-state index < -0.39 is 5.82 Å². The molecule has 0 saturated heterocycles. The van der Waals surface area contributed by atoms with E-state index in [0.29, 0.717) is 11.6 Å². The summed E-state index contributed by atoms with van der Waals surface area (Å²) in [6.45, 7) is 4.97. The van der Waals surface area contributed by atoms with Gasteiger partial charge in [-0.25, -0.2) is 10.2 Å². The van der Waals surface area contributed by atoms with Crippen LogP contribution in [0.5, 0.6) is 0 Å². The molecule has 1 aromatic rings. The van der Waals surface area contributed by atoms with Gasteiger partial charge >= 0.3 is 0 Å². The molecule has 32 heavy (non-hydrogen) atoms. The molecule has 0 aliphatic heterocycles. The van der Waals surface area contributed by atoms with Crippen LogP contribution in [0.25, 0.3) is 0 Å². The molecule has 176 valence electrons. The minimum Gasteiger partial charge on any atom is -0.397 e. The Morgan fingerprint density at radius 1 is 1.09 bits per heavy atom. The Hall–Kier alpha value is -1.62. The molecule has 5 rings (SSSR count). The summed E-state index contributed by atoms with van der Waals surface area (Å²) < 4.78 is 13.4. The van der Waals surface area contributed by atoms with Crippen molar-refractivity contribution in [2.24, 2.45) is 52.7 Å². The predicted molar refractivity (Wildman–Crippen MR) is 127 cm³/mol. The summed E-state index contributed by atoms with van der Waals surface area (Å²) in [6, 6.07) is 4.16. The quantitative estimate of drug-likeness (QED) is 0.364. The fraction of sp³-hybridized carbons (Fsp3) is 0.741. The van der Waals surface area contributed by atoms with Gasteiger partial charge in [0.15, 0.2) is 5.78 Å². The van der Waals surface area contributed by atoms with Crippen LogP contribution in [0.4, 0.5) is 15.8 Å². The molecule has 4 saturated carbocycles. The molecule has 8 unspecified atom stereocenters. The standard InChI is InChI=1S/C27H40FN3O/c1-16-3-6-19-17(13-16)4-7-21-20(19)11-12-27(2)22(21)8-9-23(27)26(32)15-31(30)25-10-5-18(28)14-24(25)29/h5,10,14,16-17,19-23H,3-4,6-9,11-13,15,29-30H2,1-2H3. The van der Waals surface area contributed by atoms with Crippen molar-refractivity contribution in [3.63, 3.8) is 0 Å². The number of halogens is 1. The average molecular weight is 442 g/mol. The van der Waals surface area contributed by atoms with Crippen LogP contribution in [0.15, 0.2) is 18.2 Å². The number of benzene rings is 1. The highest BCUT2D eigenvalue weighted by Gasteiger charge is 2.58. The first-order valence-electron chi connectivity index (χ1n) is 12.9. The van der Waals surface area contributed by atoms with Gasteiger partial charge in [-0.15, -0.1) is 0 Å². The van der Waals surface area contributed by atoms with Gasteiger partial charge in [0.25, 0.3) is 0 Å². The average Bonchev–Trinajstić information content (AvgIpc) is 3.10. The molecule has 0 aromatic heterocycles. The van der Waals surface area contributed by atoms with Crippen LogP contribution in [0.2, 0.25) is 0 Å². The van der Waals surface area contributed by atoms with Crippen molar-refractivity contribution in [2.45, 2.75) is 71.6 Å². The third-order valence-corrected chi connectivity index (χ3v) is 10.2. The number of Topliss-reactive ketones (excluding diaryl/α,β-unsaturated/α-hetero) is 1. The minimum absolute atomic E-state index is 0.0743. The van der Waals surface area contributed by atoms with Crippen molar-refractivity contribution in [2.75, 3.05) is 17.3 Å². The lowest BCUT2D eigenvalue weighted by Crippen LogP contribution is -2.50. The summed E-state index contributed by atoms with van der Waals surface area (Å²) in [4.78, 5) is 13.5. The fourth-order valence-corrected chi connectivity index (χ4v) is 8.77. The Kier molecular flexibility index (Phi) is 5.76. The van der Waals surface area contributed by atoms with E-state index in [0.717, 1.165) is 36.0 Å². The van der Waals surface area contributed by atoms with Gasteiger partial charge in [0.05, 0.1) is 17.9 Å². The lowest BCUT2D eigenvalue weighted by Gasteiger charge is -2.56. The van der Waals surface area contributed by atoms with Crippen molar-refractivity contribution in [1.82, 2.24) is 0 Å². The second-order valence-corrected chi connectivity index (χ2v) is 11.8. The Labute approximate surface area is 192 Å². The summed E-state index contributed by atoms with van der Waals surface area (Å²) >= 11 is 0. The maximum absolute atomic E-state index is 13.5. The Bertz CT molecular complexity index is 874. The maximum atomic E-state index is 13.5. The first-order valence-corrected chi connectivity index (χ1v) is 12.9. The van der Waals surface area contributed by atoms with Gasteiger partial charge in [-0.05, 0) is 110 Å². The van der Waals surface area contributed by atoms with Gasteiger partial charge in [-0.3, -0.25) is 4.79 Å². The van der Waals surface area contributed by atoms with Crippen LogP contribution in [-0.4, -0.2) is 12.3 Å². The Balaban J connectivity index is 1.29.